The van der Waals surface area contributed by atoms with Gasteiger partial charge in [-0.1, -0.05) is 38.3 Å². The van der Waals surface area contributed by atoms with E-state index in [9.17, 15) is 0 Å². The van der Waals surface area contributed by atoms with Crippen molar-refractivity contribution in [1.29, 1.82) is 0 Å². The van der Waals surface area contributed by atoms with Gasteiger partial charge in [-0.15, -0.1) is 0 Å². The maximum atomic E-state index is 3.48. The molecule has 88 valence electrons. The van der Waals surface area contributed by atoms with Crippen LogP contribution in [-0.4, -0.2) is 12.6 Å². The zero-order chi connectivity index (χ0) is 11.3. The van der Waals surface area contributed by atoms with Crippen LogP contribution < -0.4 is 5.32 Å². The molecule has 0 amide bonds. The van der Waals surface area contributed by atoms with Gasteiger partial charge in [-0.3, -0.25) is 0 Å². The number of allylic oxidation sites excluding steroid dienone is 1. The molecule has 1 N–H and O–H groups in total. The zero-order valence-electron chi connectivity index (χ0n) is 10.8. The van der Waals surface area contributed by atoms with Crippen LogP contribution in [0.3, 0.4) is 0 Å². The Morgan fingerprint density at radius 2 is 2.20 bits per heavy atom. The molecule has 1 rings (SSSR count). The smallest absolute Gasteiger partial charge is 0.0248 e. The van der Waals surface area contributed by atoms with Crippen molar-refractivity contribution in [3.8, 4) is 0 Å². The fraction of sp³-hybridized carbons (Fsp3) is 0.857. The summed E-state index contributed by atoms with van der Waals surface area (Å²) in [4.78, 5) is 0. The van der Waals surface area contributed by atoms with E-state index in [0.717, 1.165) is 18.4 Å². The van der Waals surface area contributed by atoms with Crippen LogP contribution in [0.2, 0.25) is 0 Å². The van der Waals surface area contributed by atoms with Crippen molar-refractivity contribution in [2.24, 2.45) is 11.8 Å². The Morgan fingerprint density at radius 1 is 1.47 bits per heavy atom. The highest BCUT2D eigenvalue weighted by Crippen LogP contribution is 2.30. The largest absolute Gasteiger partial charge is 0.311 e. The molecular weight excluding hydrogens is 182 g/mol. The summed E-state index contributed by atoms with van der Waals surface area (Å²) in [5.74, 6) is 1.78. The van der Waals surface area contributed by atoms with Crippen LogP contribution >= 0.6 is 0 Å². The van der Waals surface area contributed by atoms with Gasteiger partial charge in [0, 0.05) is 6.04 Å². The first-order valence-corrected chi connectivity index (χ1v) is 6.55. The number of nitrogens with one attached hydrogen (secondary N) is 1. The topological polar surface area (TPSA) is 12.0 Å². The first-order chi connectivity index (χ1) is 7.13. The molecular formula is C14H27N. The van der Waals surface area contributed by atoms with Crippen LogP contribution in [0.4, 0.5) is 0 Å². The molecule has 0 aromatic heterocycles. The second kappa shape index (κ2) is 6.32. The summed E-state index contributed by atoms with van der Waals surface area (Å²) in [6.07, 6.45) is 8.18. The molecule has 3 unspecified atom stereocenters. The van der Waals surface area contributed by atoms with E-state index in [1.165, 1.54) is 31.3 Å². The maximum Gasteiger partial charge on any atom is 0.0248 e. The lowest BCUT2D eigenvalue weighted by Crippen LogP contribution is -2.27. The van der Waals surface area contributed by atoms with Gasteiger partial charge in [-0.05, 0) is 45.1 Å². The average Bonchev–Trinajstić information content (AvgIpc) is 2.18. The van der Waals surface area contributed by atoms with Gasteiger partial charge in [-0.25, -0.2) is 0 Å². The molecule has 0 aliphatic heterocycles. The summed E-state index contributed by atoms with van der Waals surface area (Å²) in [5.41, 5.74) is 1.52. The van der Waals surface area contributed by atoms with Gasteiger partial charge >= 0.3 is 0 Å². The minimum Gasteiger partial charge on any atom is -0.311 e. The van der Waals surface area contributed by atoms with E-state index in [2.05, 4.69) is 39.1 Å². The maximum absolute atomic E-state index is 3.48. The lowest BCUT2D eigenvalue weighted by molar-refractivity contribution is 0.323. The van der Waals surface area contributed by atoms with E-state index >= 15 is 0 Å². The number of likely N-dealkylation sites (N-methyl/N-ethyl adjacent to an activating group) is 1. The second-order valence-electron chi connectivity index (χ2n) is 5.22. The molecule has 1 nitrogen and oxygen atoms in total. The van der Waals surface area contributed by atoms with E-state index in [0.29, 0.717) is 6.04 Å². The SMILES string of the molecule is CCNC(C)C(C)=CC1CCCC(C)C1. The molecule has 0 spiro atoms. The summed E-state index contributed by atoms with van der Waals surface area (Å²) in [6, 6.07) is 0.548. The highest BCUT2D eigenvalue weighted by molar-refractivity contribution is 5.08. The summed E-state index contributed by atoms with van der Waals surface area (Å²) in [6.45, 7) is 10.2. The summed E-state index contributed by atoms with van der Waals surface area (Å²) < 4.78 is 0. The van der Waals surface area contributed by atoms with Gasteiger partial charge in [0.05, 0.1) is 0 Å². The predicted octanol–water partition coefficient (Wildman–Crippen LogP) is 3.76. The number of hydrogen-bond acceptors (Lipinski definition) is 1. The Balaban J connectivity index is 2.45. The van der Waals surface area contributed by atoms with Crippen molar-refractivity contribution < 1.29 is 0 Å². The first-order valence-electron chi connectivity index (χ1n) is 6.55. The lowest BCUT2D eigenvalue weighted by atomic mass is 9.81. The highest BCUT2D eigenvalue weighted by Gasteiger charge is 2.17. The van der Waals surface area contributed by atoms with Gasteiger partial charge < -0.3 is 5.32 Å². The van der Waals surface area contributed by atoms with Crippen LogP contribution in [-0.2, 0) is 0 Å². The van der Waals surface area contributed by atoms with Gasteiger partial charge in [0.15, 0.2) is 0 Å². The van der Waals surface area contributed by atoms with Crippen LogP contribution in [0.1, 0.15) is 53.4 Å². The molecule has 0 heterocycles. The first kappa shape index (κ1) is 12.8. The van der Waals surface area contributed by atoms with Crippen LogP contribution in [0.5, 0.6) is 0 Å². The van der Waals surface area contributed by atoms with Crippen molar-refractivity contribution in [2.45, 2.75) is 59.4 Å². The Labute approximate surface area is 95.3 Å². The van der Waals surface area contributed by atoms with Crippen LogP contribution in [0.25, 0.3) is 0 Å². The van der Waals surface area contributed by atoms with Crippen molar-refractivity contribution in [3.63, 3.8) is 0 Å². The van der Waals surface area contributed by atoms with Crippen LogP contribution in [0, 0.1) is 11.8 Å². The molecule has 1 aliphatic carbocycles. The fourth-order valence-corrected chi connectivity index (χ4v) is 2.62. The summed E-state index contributed by atoms with van der Waals surface area (Å²) in [5, 5.41) is 3.48. The highest BCUT2D eigenvalue weighted by atomic mass is 14.9. The van der Waals surface area contributed by atoms with Crippen molar-refractivity contribution in [2.75, 3.05) is 6.54 Å². The normalized spacial score (nSPS) is 30.3. The average molecular weight is 209 g/mol. The van der Waals surface area contributed by atoms with E-state index in [1.807, 2.05) is 0 Å². The van der Waals surface area contributed by atoms with E-state index in [4.69, 9.17) is 0 Å². The molecule has 15 heavy (non-hydrogen) atoms. The molecule has 1 saturated carbocycles. The van der Waals surface area contributed by atoms with Gasteiger partial charge in [0.25, 0.3) is 0 Å². The molecule has 3 atom stereocenters. The van der Waals surface area contributed by atoms with Crippen molar-refractivity contribution >= 4 is 0 Å². The lowest BCUT2D eigenvalue weighted by Gasteiger charge is -2.25. The van der Waals surface area contributed by atoms with E-state index in [-0.39, 0.29) is 0 Å². The minimum atomic E-state index is 0.548. The molecule has 0 saturated heterocycles. The number of rotatable bonds is 4. The van der Waals surface area contributed by atoms with Crippen molar-refractivity contribution in [1.82, 2.24) is 5.32 Å². The number of hydrogen-bond donors (Lipinski definition) is 1. The molecule has 0 bridgehead atoms. The third-order valence-electron chi connectivity index (χ3n) is 3.67. The van der Waals surface area contributed by atoms with E-state index in [1.54, 1.807) is 0 Å². The molecule has 1 heteroatoms. The Morgan fingerprint density at radius 3 is 2.80 bits per heavy atom. The molecule has 0 radical (unpaired) electrons. The van der Waals surface area contributed by atoms with Crippen LogP contribution in [0.15, 0.2) is 11.6 Å². The monoisotopic (exact) mass is 209 g/mol. The quantitative estimate of drug-likeness (QED) is 0.695. The minimum absolute atomic E-state index is 0.548. The van der Waals surface area contributed by atoms with Gasteiger partial charge in [0.2, 0.25) is 0 Å². The predicted molar refractivity (Wildman–Crippen MR) is 68.0 cm³/mol. The third-order valence-corrected chi connectivity index (χ3v) is 3.67. The van der Waals surface area contributed by atoms with Gasteiger partial charge in [-0.2, -0.15) is 0 Å². The third kappa shape index (κ3) is 4.38. The molecule has 1 fully saturated rings. The van der Waals surface area contributed by atoms with E-state index < -0.39 is 0 Å². The van der Waals surface area contributed by atoms with Crippen molar-refractivity contribution in [3.05, 3.63) is 11.6 Å². The molecule has 0 aromatic carbocycles. The molecule has 1 aliphatic rings. The Kier molecular flexibility index (Phi) is 5.38. The Bertz CT molecular complexity index is 207. The summed E-state index contributed by atoms with van der Waals surface area (Å²) in [7, 11) is 0. The zero-order valence-corrected chi connectivity index (χ0v) is 10.8. The van der Waals surface area contributed by atoms with Gasteiger partial charge in [0.1, 0.15) is 0 Å². The Hall–Kier alpha value is -0.300. The second-order valence-corrected chi connectivity index (χ2v) is 5.22. The fourth-order valence-electron chi connectivity index (χ4n) is 2.62. The summed E-state index contributed by atoms with van der Waals surface area (Å²) >= 11 is 0. The molecule has 0 aromatic rings. The standard InChI is InChI=1S/C14H27N/c1-5-15-13(4)12(3)10-14-8-6-7-11(2)9-14/h10-11,13-15H,5-9H2,1-4H3.